The molecule has 1 aliphatic rings. The molecule has 1 aromatic heterocycles. The summed E-state index contributed by atoms with van der Waals surface area (Å²) < 4.78 is 11.6. The molecule has 1 aliphatic heterocycles. The van der Waals surface area contributed by atoms with Crippen molar-refractivity contribution in [3.05, 3.63) is 84.7 Å². The summed E-state index contributed by atoms with van der Waals surface area (Å²) >= 11 is 0. The molecular weight excluding hydrogens is 450 g/mol. The molecule has 2 heterocycles. The average molecular weight is 482 g/mol. The highest BCUT2D eigenvalue weighted by atomic mass is 16.5. The molecule has 1 atom stereocenters. The smallest absolute Gasteiger partial charge is 0.228 e. The molecule has 1 fully saturated rings. The lowest BCUT2D eigenvalue weighted by Crippen LogP contribution is -2.30. The van der Waals surface area contributed by atoms with E-state index in [-0.39, 0.29) is 12.3 Å². The van der Waals surface area contributed by atoms with E-state index in [0.717, 1.165) is 40.4 Å². The molecule has 0 saturated carbocycles. The number of anilines is 1. The van der Waals surface area contributed by atoms with E-state index in [1.807, 2.05) is 48.5 Å². The Morgan fingerprint density at radius 2 is 1.86 bits per heavy atom. The third kappa shape index (κ3) is 5.19. The maximum atomic E-state index is 13.2. The number of carbonyl (C=O) groups excluding carboxylic acids is 1. The highest BCUT2D eigenvalue weighted by molar-refractivity contribution is 6.02. The minimum absolute atomic E-state index is 0.0928. The second-order valence-corrected chi connectivity index (χ2v) is 9.23. The minimum Gasteiger partial charge on any atom is -0.497 e. The van der Waals surface area contributed by atoms with Gasteiger partial charge in [0.25, 0.3) is 0 Å². The Labute approximate surface area is 211 Å². The van der Waals surface area contributed by atoms with Gasteiger partial charge < -0.3 is 19.7 Å². The highest BCUT2D eigenvalue weighted by Gasteiger charge is 2.22. The first-order valence-electron chi connectivity index (χ1n) is 12.3. The van der Waals surface area contributed by atoms with Crippen LogP contribution in [0.1, 0.15) is 18.4 Å². The number of hydrogen-bond donors (Lipinski definition) is 1. The quantitative estimate of drug-likeness (QED) is 0.357. The number of methoxy groups -OCH3 is 1. The summed E-state index contributed by atoms with van der Waals surface area (Å²) in [7, 11) is 3.75. The summed E-state index contributed by atoms with van der Waals surface area (Å²) in [6.45, 7) is 1.66. The Hall–Kier alpha value is -3.90. The Balaban J connectivity index is 1.36. The summed E-state index contributed by atoms with van der Waals surface area (Å²) in [4.78, 5) is 19.6. The van der Waals surface area contributed by atoms with E-state index in [1.165, 1.54) is 6.42 Å². The maximum Gasteiger partial charge on any atom is 0.228 e. The lowest BCUT2D eigenvalue weighted by atomic mass is 9.94. The predicted molar refractivity (Wildman–Crippen MR) is 144 cm³/mol. The standard InChI is InChI=1S/C30H31N3O3/c1-33-17-5-6-23(33)20-36-29-19-24(35-2)10-12-28(29)32-30(34)18-22-9-11-26(21-13-15-31-16-14-21)27-8-4-3-7-25(22)27/h3-4,7-16,19,23H,5-6,17-18,20H2,1-2H3,(H,32,34)/t23-/m0/s1. The summed E-state index contributed by atoms with van der Waals surface area (Å²) in [6.07, 6.45) is 6.15. The van der Waals surface area contributed by atoms with Crippen molar-refractivity contribution in [2.24, 2.45) is 0 Å². The topological polar surface area (TPSA) is 63.7 Å². The van der Waals surface area contributed by atoms with E-state index >= 15 is 0 Å². The number of hydrogen-bond acceptors (Lipinski definition) is 5. The molecular formula is C30H31N3O3. The van der Waals surface area contributed by atoms with Gasteiger partial charge in [0, 0.05) is 24.5 Å². The van der Waals surface area contributed by atoms with Crippen molar-refractivity contribution in [1.29, 1.82) is 0 Å². The number of fused-ring (bicyclic) bond motifs is 1. The van der Waals surface area contributed by atoms with E-state index in [4.69, 9.17) is 9.47 Å². The van der Waals surface area contributed by atoms with Crippen molar-refractivity contribution in [3.8, 4) is 22.6 Å². The number of amides is 1. The molecule has 0 unspecified atom stereocenters. The van der Waals surface area contributed by atoms with Crippen LogP contribution in [0.2, 0.25) is 0 Å². The zero-order chi connectivity index (χ0) is 24.9. The number of rotatable bonds is 8. The minimum atomic E-state index is -0.0928. The molecule has 0 bridgehead atoms. The third-order valence-corrected chi connectivity index (χ3v) is 6.92. The van der Waals surface area contributed by atoms with Gasteiger partial charge in [-0.25, -0.2) is 0 Å². The van der Waals surface area contributed by atoms with Crippen LogP contribution in [0.5, 0.6) is 11.5 Å². The lowest BCUT2D eigenvalue weighted by Gasteiger charge is -2.21. The zero-order valence-corrected chi connectivity index (χ0v) is 20.7. The van der Waals surface area contributed by atoms with Crippen molar-refractivity contribution < 1.29 is 14.3 Å². The van der Waals surface area contributed by atoms with Crippen molar-refractivity contribution in [2.75, 3.05) is 32.6 Å². The highest BCUT2D eigenvalue weighted by Crippen LogP contribution is 2.33. The van der Waals surface area contributed by atoms with Crippen LogP contribution in [0.4, 0.5) is 5.69 Å². The SMILES string of the molecule is COc1ccc(NC(=O)Cc2ccc(-c3ccncc3)c3ccccc23)c(OC[C@@H]2CCCN2C)c1. The van der Waals surface area contributed by atoms with Gasteiger partial charge in [-0.15, -0.1) is 0 Å². The van der Waals surface area contributed by atoms with Gasteiger partial charge in [0.15, 0.2) is 0 Å². The summed E-state index contributed by atoms with van der Waals surface area (Å²) in [5.74, 6) is 1.23. The molecule has 5 rings (SSSR count). The molecule has 184 valence electrons. The fourth-order valence-electron chi connectivity index (χ4n) is 4.89. The summed E-state index contributed by atoms with van der Waals surface area (Å²) in [5, 5.41) is 5.25. The first-order chi connectivity index (χ1) is 17.6. The first-order valence-corrected chi connectivity index (χ1v) is 12.3. The monoisotopic (exact) mass is 481 g/mol. The Bertz CT molecular complexity index is 1360. The molecule has 1 saturated heterocycles. The largest absolute Gasteiger partial charge is 0.497 e. The van der Waals surface area contributed by atoms with Crippen molar-refractivity contribution >= 4 is 22.4 Å². The molecule has 0 spiro atoms. The van der Waals surface area contributed by atoms with E-state index in [2.05, 4.69) is 40.4 Å². The van der Waals surface area contributed by atoms with Gasteiger partial charge in [0.2, 0.25) is 5.91 Å². The Morgan fingerprint density at radius 1 is 1.06 bits per heavy atom. The number of likely N-dealkylation sites (N-methyl/N-ethyl adjacent to an activating group) is 1. The summed E-state index contributed by atoms with van der Waals surface area (Å²) in [6, 6.07) is 22.2. The Kier molecular flexibility index (Phi) is 7.14. The van der Waals surface area contributed by atoms with E-state index in [0.29, 0.717) is 29.8 Å². The van der Waals surface area contributed by atoms with Gasteiger partial charge in [-0.1, -0.05) is 36.4 Å². The second kappa shape index (κ2) is 10.8. The fraction of sp³-hybridized carbons (Fsp3) is 0.267. The number of aromatic nitrogens is 1. The van der Waals surface area contributed by atoms with Crippen LogP contribution in [0.3, 0.4) is 0 Å². The van der Waals surface area contributed by atoms with Gasteiger partial charge in [0.05, 0.1) is 19.2 Å². The van der Waals surface area contributed by atoms with E-state index in [9.17, 15) is 4.79 Å². The number of benzene rings is 3. The zero-order valence-electron chi connectivity index (χ0n) is 20.7. The van der Waals surface area contributed by atoms with Gasteiger partial charge >= 0.3 is 0 Å². The average Bonchev–Trinajstić information content (AvgIpc) is 3.33. The van der Waals surface area contributed by atoms with Crippen LogP contribution in [-0.4, -0.2) is 49.1 Å². The molecule has 3 aromatic carbocycles. The molecule has 6 nitrogen and oxygen atoms in total. The van der Waals surface area contributed by atoms with Crippen LogP contribution in [0.25, 0.3) is 21.9 Å². The van der Waals surface area contributed by atoms with E-state index in [1.54, 1.807) is 19.5 Å². The Morgan fingerprint density at radius 3 is 2.61 bits per heavy atom. The number of carbonyl (C=O) groups is 1. The van der Waals surface area contributed by atoms with Crippen molar-refractivity contribution in [3.63, 3.8) is 0 Å². The summed E-state index contributed by atoms with van der Waals surface area (Å²) in [5.41, 5.74) is 3.86. The van der Waals surface area contributed by atoms with Crippen LogP contribution in [0, 0.1) is 0 Å². The van der Waals surface area contributed by atoms with Gasteiger partial charge in [0.1, 0.15) is 18.1 Å². The number of pyridine rings is 1. The molecule has 0 aliphatic carbocycles. The van der Waals surface area contributed by atoms with Crippen molar-refractivity contribution in [1.82, 2.24) is 9.88 Å². The number of likely N-dealkylation sites (tertiary alicyclic amines) is 1. The predicted octanol–water partition coefficient (Wildman–Crippen LogP) is 5.56. The number of nitrogens with one attached hydrogen (secondary N) is 1. The maximum absolute atomic E-state index is 13.2. The molecule has 1 N–H and O–H groups in total. The molecule has 1 amide bonds. The number of ether oxygens (including phenoxy) is 2. The molecule has 36 heavy (non-hydrogen) atoms. The number of nitrogens with zero attached hydrogens (tertiary/aromatic N) is 2. The van der Waals surface area contributed by atoms with Crippen molar-refractivity contribution in [2.45, 2.75) is 25.3 Å². The molecule has 0 radical (unpaired) electrons. The van der Waals surface area contributed by atoms with Crippen LogP contribution < -0.4 is 14.8 Å². The molecule has 4 aromatic rings. The van der Waals surface area contributed by atoms with E-state index < -0.39 is 0 Å². The first kappa shape index (κ1) is 23.8. The van der Waals surface area contributed by atoms with Gasteiger partial charge in [-0.2, -0.15) is 0 Å². The molecule has 6 heteroatoms. The normalized spacial score (nSPS) is 15.7. The van der Waals surface area contributed by atoms with Gasteiger partial charge in [-0.05, 0) is 78.2 Å². The lowest BCUT2D eigenvalue weighted by molar-refractivity contribution is -0.115. The third-order valence-electron chi connectivity index (χ3n) is 6.92. The fourth-order valence-corrected chi connectivity index (χ4v) is 4.89. The van der Waals surface area contributed by atoms with Gasteiger partial charge in [-0.3, -0.25) is 9.78 Å². The van der Waals surface area contributed by atoms with Crippen LogP contribution in [0.15, 0.2) is 79.1 Å². The second-order valence-electron chi connectivity index (χ2n) is 9.23. The van der Waals surface area contributed by atoms with Crippen LogP contribution >= 0.6 is 0 Å². The van der Waals surface area contributed by atoms with Crippen LogP contribution in [-0.2, 0) is 11.2 Å².